The number of likely N-dealkylation sites (tertiary alicyclic amines) is 1. The zero-order valence-corrected chi connectivity index (χ0v) is 28.3. The van der Waals surface area contributed by atoms with Crippen molar-refractivity contribution in [2.75, 3.05) is 70.6 Å². The van der Waals surface area contributed by atoms with E-state index in [1.807, 2.05) is 92.7 Å². The summed E-state index contributed by atoms with van der Waals surface area (Å²) in [5.41, 5.74) is -0.945. The van der Waals surface area contributed by atoms with Gasteiger partial charge in [-0.3, -0.25) is 19.3 Å². The minimum atomic E-state index is -1.41. The smallest absolute Gasteiger partial charge is 0.249 e. The van der Waals surface area contributed by atoms with Crippen LogP contribution in [0.1, 0.15) is 19.4 Å². The Hall–Kier alpha value is -4.03. The van der Waals surface area contributed by atoms with E-state index in [1.54, 1.807) is 14.7 Å². The molecule has 1 N–H and O–H groups in total. The number of aliphatic hydroxyl groups is 1. The van der Waals surface area contributed by atoms with Crippen LogP contribution in [0, 0.1) is 11.8 Å². The van der Waals surface area contributed by atoms with E-state index in [1.165, 1.54) is 0 Å². The molecule has 6 atom stereocenters. The fraction of sp³-hybridized carbons (Fsp3) is 0.500. The molecule has 0 aromatic heterocycles. The summed E-state index contributed by atoms with van der Waals surface area (Å²) in [6.07, 6.45) is 7.93. The van der Waals surface area contributed by atoms with Gasteiger partial charge in [-0.05, 0) is 50.1 Å². The number of benzene rings is 2. The maximum atomic E-state index is 15.0. The van der Waals surface area contributed by atoms with E-state index in [9.17, 15) is 14.7 Å². The highest BCUT2D eigenvalue weighted by Crippen LogP contribution is 2.58. The van der Waals surface area contributed by atoms with Gasteiger partial charge in [-0.25, -0.2) is 0 Å². The van der Waals surface area contributed by atoms with Crippen molar-refractivity contribution in [3.05, 3.63) is 84.5 Å². The number of nitrogens with zero attached hydrogens (tertiary/aromatic N) is 4. The van der Waals surface area contributed by atoms with Gasteiger partial charge in [0.2, 0.25) is 17.7 Å². The predicted molar refractivity (Wildman–Crippen MR) is 183 cm³/mol. The lowest BCUT2D eigenvalue weighted by Gasteiger charge is -2.40. The molecular weight excluding hydrogens is 624 g/mol. The maximum Gasteiger partial charge on any atom is 0.249 e. The molecule has 0 saturated carbocycles. The molecule has 5 heterocycles. The van der Waals surface area contributed by atoms with Crippen molar-refractivity contribution in [1.82, 2.24) is 14.7 Å². The number of hydrogen-bond donors (Lipinski definition) is 1. The molecule has 0 aliphatic carbocycles. The Labute approximate surface area is 287 Å². The number of hydrogen-bond acceptors (Lipinski definition) is 8. The van der Waals surface area contributed by atoms with Crippen molar-refractivity contribution < 1.29 is 33.7 Å². The first-order valence-electron chi connectivity index (χ1n) is 17.5. The van der Waals surface area contributed by atoms with E-state index in [-0.39, 0.29) is 24.3 Å². The molecule has 2 aromatic rings. The molecule has 5 aliphatic rings. The molecule has 7 rings (SSSR count). The quantitative estimate of drug-likeness (QED) is 0.384. The van der Waals surface area contributed by atoms with Crippen LogP contribution in [0.5, 0.6) is 5.75 Å². The third-order valence-corrected chi connectivity index (χ3v) is 10.7. The van der Waals surface area contributed by atoms with Gasteiger partial charge in [-0.1, -0.05) is 54.6 Å². The van der Waals surface area contributed by atoms with Crippen LogP contribution < -0.4 is 9.64 Å². The number of ether oxygens (including phenoxy) is 3. The second kappa shape index (κ2) is 13.7. The fourth-order valence-corrected chi connectivity index (χ4v) is 8.45. The minimum Gasteiger partial charge on any atom is -0.494 e. The second-order valence-electron chi connectivity index (χ2n) is 13.7. The fourth-order valence-electron chi connectivity index (χ4n) is 8.45. The summed E-state index contributed by atoms with van der Waals surface area (Å²) in [7, 11) is 0. The van der Waals surface area contributed by atoms with Gasteiger partial charge in [0.25, 0.3) is 0 Å². The largest absolute Gasteiger partial charge is 0.494 e. The normalized spacial score (nSPS) is 30.6. The van der Waals surface area contributed by atoms with Gasteiger partial charge >= 0.3 is 0 Å². The van der Waals surface area contributed by atoms with Crippen molar-refractivity contribution in [1.29, 1.82) is 0 Å². The summed E-state index contributed by atoms with van der Waals surface area (Å²) in [5.74, 6) is -2.02. The van der Waals surface area contributed by atoms with E-state index >= 15 is 4.79 Å². The van der Waals surface area contributed by atoms with Crippen LogP contribution >= 0.6 is 0 Å². The third-order valence-electron chi connectivity index (χ3n) is 10.7. The van der Waals surface area contributed by atoms with Crippen molar-refractivity contribution in [3.8, 4) is 5.75 Å². The van der Waals surface area contributed by atoms with Crippen molar-refractivity contribution >= 4 is 23.4 Å². The number of amides is 3. The third kappa shape index (κ3) is 5.96. The highest BCUT2D eigenvalue weighted by molar-refractivity contribution is 6.04. The number of carbonyl (C=O) groups is 3. The monoisotopic (exact) mass is 670 g/mol. The molecule has 1 spiro atoms. The lowest BCUT2D eigenvalue weighted by Crippen LogP contribution is -2.59. The van der Waals surface area contributed by atoms with Crippen molar-refractivity contribution in [3.63, 3.8) is 0 Å². The van der Waals surface area contributed by atoms with Gasteiger partial charge in [-0.2, -0.15) is 0 Å². The van der Waals surface area contributed by atoms with Gasteiger partial charge in [0.15, 0.2) is 0 Å². The van der Waals surface area contributed by atoms with Crippen LogP contribution in [-0.4, -0.2) is 127 Å². The molecular formula is C38H46N4O7. The summed E-state index contributed by atoms with van der Waals surface area (Å²) in [4.78, 5) is 51.9. The Morgan fingerprint density at radius 1 is 0.898 bits per heavy atom. The number of carbonyl (C=O) groups excluding carboxylic acids is 3. The number of aliphatic hydroxyl groups excluding tert-OH is 1. The standard InChI is InChI=1S/C38H46N4O7/c1-3-48-30-13-11-28(12-14-30)41-18-7-15-37(2)31(34(41)44)32-35(45)42(29(26-43)25-27-9-5-4-6-10-27)33-36(46)40(17-8-16-38(32,33)49-37)20-19-39-21-23-47-24-22-39/h4-16,29,31-33,43H,3,17-26H2,1-2H3/t29-,31-,32+,33?,37+,38+/m1/s1. The molecule has 0 radical (unpaired) electrons. The van der Waals surface area contributed by atoms with Crippen molar-refractivity contribution in [2.24, 2.45) is 11.8 Å². The van der Waals surface area contributed by atoms with Crippen LogP contribution in [0.25, 0.3) is 0 Å². The van der Waals surface area contributed by atoms with Crippen molar-refractivity contribution in [2.45, 2.75) is 43.6 Å². The maximum absolute atomic E-state index is 15.0. The molecule has 2 aromatic carbocycles. The zero-order chi connectivity index (χ0) is 34.2. The molecule has 3 saturated heterocycles. The summed E-state index contributed by atoms with van der Waals surface area (Å²) in [6, 6.07) is 15.2. The number of anilines is 1. The van der Waals surface area contributed by atoms with Crippen LogP contribution in [0.4, 0.5) is 5.69 Å². The molecule has 260 valence electrons. The summed E-state index contributed by atoms with van der Waals surface area (Å²) in [5, 5.41) is 10.9. The first kappa shape index (κ1) is 33.5. The summed E-state index contributed by atoms with van der Waals surface area (Å²) in [6.45, 7) is 8.65. The lowest BCUT2D eigenvalue weighted by atomic mass is 9.74. The first-order chi connectivity index (χ1) is 23.8. The first-order valence-corrected chi connectivity index (χ1v) is 17.5. The Balaban J connectivity index is 1.27. The van der Waals surface area contributed by atoms with E-state index in [0.717, 1.165) is 18.7 Å². The average molecular weight is 671 g/mol. The Morgan fingerprint density at radius 3 is 2.35 bits per heavy atom. The van der Waals surface area contributed by atoms with Gasteiger partial charge in [0.05, 0.1) is 49.9 Å². The molecule has 49 heavy (non-hydrogen) atoms. The molecule has 1 unspecified atom stereocenters. The molecule has 11 nitrogen and oxygen atoms in total. The molecule has 0 bridgehead atoms. The SMILES string of the molecule is CCOc1ccc(N2CC=C[C@]3(C)O[C@]45C=CCN(CCN6CCOCC6)C(=O)C4N([C@@H](CO)Cc4ccccc4)C(=O)[C@@H]5[C@@H]3C2=O)cc1. The second-order valence-corrected chi connectivity index (χ2v) is 13.7. The van der Waals surface area contributed by atoms with Crippen LogP contribution in [0.3, 0.4) is 0 Å². The van der Waals surface area contributed by atoms with Gasteiger partial charge in [-0.15, -0.1) is 0 Å². The summed E-state index contributed by atoms with van der Waals surface area (Å²) >= 11 is 0. The van der Waals surface area contributed by atoms with Crippen LogP contribution in [0.15, 0.2) is 78.9 Å². The van der Waals surface area contributed by atoms with E-state index in [2.05, 4.69) is 4.90 Å². The highest BCUT2D eigenvalue weighted by atomic mass is 16.5. The van der Waals surface area contributed by atoms with Gasteiger partial charge in [0, 0.05) is 45.0 Å². The van der Waals surface area contributed by atoms with Crippen LogP contribution in [0.2, 0.25) is 0 Å². The van der Waals surface area contributed by atoms with E-state index < -0.39 is 35.1 Å². The zero-order valence-electron chi connectivity index (χ0n) is 28.3. The van der Waals surface area contributed by atoms with E-state index in [4.69, 9.17) is 14.2 Å². The number of fused-ring (bicyclic) bond motifs is 2. The Kier molecular flexibility index (Phi) is 9.36. The number of rotatable bonds is 10. The average Bonchev–Trinajstić information content (AvgIpc) is 3.39. The molecule has 3 amide bonds. The predicted octanol–water partition coefficient (Wildman–Crippen LogP) is 2.29. The minimum absolute atomic E-state index is 0.236. The lowest BCUT2D eigenvalue weighted by molar-refractivity contribution is -0.154. The molecule has 11 heteroatoms. The number of morpholine rings is 1. The molecule has 5 aliphatic heterocycles. The van der Waals surface area contributed by atoms with Gasteiger partial charge < -0.3 is 34.0 Å². The van der Waals surface area contributed by atoms with Crippen LogP contribution in [-0.2, 0) is 30.3 Å². The summed E-state index contributed by atoms with van der Waals surface area (Å²) < 4.78 is 18.2. The highest BCUT2D eigenvalue weighted by Gasteiger charge is 2.75. The Bertz CT molecular complexity index is 1590. The topological polar surface area (TPSA) is 112 Å². The Morgan fingerprint density at radius 2 is 1.63 bits per heavy atom. The van der Waals surface area contributed by atoms with Gasteiger partial charge in [0.1, 0.15) is 17.4 Å². The van der Waals surface area contributed by atoms with E-state index in [0.29, 0.717) is 63.9 Å². The molecule has 3 fully saturated rings.